The number of hydrogen-bond donors (Lipinski definition) is 1. The van der Waals surface area contributed by atoms with Gasteiger partial charge in [-0.3, -0.25) is 4.98 Å². The number of halogens is 1. The van der Waals surface area contributed by atoms with E-state index >= 15 is 4.39 Å². The first kappa shape index (κ1) is 27.8. The summed E-state index contributed by atoms with van der Waals surface area (Å²) in [5.74, 6) is -1.40. The average molecular weight is 519 g/mol. The Balaban J connectivity index is 1.95. The number of aryl methyl sites for hydroxylation is 2. The molecule has 2 aromatic carbocycles. The molecule has 0 radical (unpaired) electrons. The number of piperidine rings is 1. The van der Waals surface area contributed by atoms with Crippen LogP contribution in [0.5, 0.6) is 0 Å². The molecule has 5 nitrogen and oxygen atoms in total. The van der Waals surface area contributed by atoms with E-state index in [-0.39, 0.29) is 11.2 Å². The molecule has 0 aliphatic carbocycles. The van der Waals surface area contributed by atoms with Crippen molar-refractivity contribution in [2.24, 2.45) is 5.41 Å². The molecule has 1 unspecified atom stereocenters. The van der Waals surface area contributed by atoms with Crippen molar-refractivity contribution in [1.29, 1.82) is 0 Å². The number of rotatable bonds is 6. The lowest BCUT2D eigenvalue weighted by Crippen LogP contribution is -2.39. The summed E-state index contributed by atoms with van der Waals surface area (Å²) >= 11 is 0. The topological polar surface area (TPSA) is 62.7 Å². The van der Waals surface area contributed by atoms with Crippen molar-refractivity contribution in [3.63, 3.8) is 0 Å². The molecule has 4 rings (SSSR count). The molecule has 6 heteroatoms. The summed E-state index contributed by atoms with van der Waals surface area (Å²) in [6, 6.07) is 14.7. The maximum atomic E-state index is 15.6. The van der Waals surface area contributed by atoms with Gasteiger partial charge in [-0.1, -0.05) is 56.3 Å². The third kappa shape index (κ3) is 5.91. The highest BCUT2D eigenvalue weighted by molar-refractivity contribution is 5.88. The third-order valence-electron chi connectivity index (χ3n) is 7.31. The summed E-state index contributed by atoms with van der Waals surface area (Å²) in [5.41, 5.74) is 4.94. The van der Waals surface area contributed by atoms with Gasteiger partial charge in [-0.05, 0) is 70.1 Å². The van der Waals surface area contributed by atoms with Crippen molar-refractivity contribution in [1.82, 2.24) is 4.98 Å². The van der Waals surface area contributed by atoms with Gasteiger partial charge in [0.2, 0.25) is 0 Å². The van der Waals surface area contributed by atoms with Gasteiger partial charge in [0.25, 0.3) is 0 Å². The van der Waals surface area contributed by atoms with E-state index in [0.717, 1.165) is 48.4 Å². The van der Waals surface area contributed by atoms with Gasteiger partial charge in [0.1, 0.15) is 5.82 Å². The highest BCUT2D eigenvalue weighted by Gasteiger charge is 2.36. The average Bonchev–Trinajstić information content (AvgIpc) is 2.82. The summed E-state index contributed by atoms with van der Waals surface area (Å²) in [4.78, 5) is 19.7. The molecule has 1 fully saturated rings. The van der Waals surface area contributed by atoms with E-state index < -0.39 is 17.7 Å². The van der Waals surface area contributed by atoms with Gasteiger partial charge >= 0.3 is 5.97 Å². The maximum Gasteiger partial charge on any atom is 0.337 e. The fourth-order valence-electron chi connectivity index (χ4n) is 5.28. The molecule has 1 N–H and O–H groups in total. The largest absolute Gasteiger partial charge is 0.479 e. The molecule has 2 heterocycles. The number of carboxylic acid groups (broad SMARTS) is 1. The molecule has 0 saturated carbocycles. The predicted molar refractivity (Wildman–Crippen MR) is 151 cm³/mol. The van der Waals surface area contributed by atoms with Crippen LogP contribution in [-0.2, 0) is 9.53 Å². The van der Waals surface area contributed by atoms with Crippen LogP contribution < -0.4 is 4.90 Å². The van der Waals surface area contributed by atoms with Gasteiger partial charge in [0.15, 0.2) is 6.10 Å². The maximum absolute atomic E-state index is 15.6. The fraction of sp³-hybridized carbons (Fsp3) is 0.438. The summed E-state index contributed by atoms with van der Waals surface area (Å²) < 4.78 is 21.7. The molecule has 1 atom stereocenters. The van der Waals surface area contributed by atoms with E-state index in [1.165, 1.54) is 0 Å². The minimum absolute atomic E-state index is 0.200. The van der Waals surface area contributed by atoms with Gasteiger partial charge in [0.05, 0.1) is 11.3 Å². The van der Waals surface area contributed by atoms with Crippen LogP contribution in [0.25, 0.3) is 22.3 Å². The number of anilines is 1. The first-order valence-corrected chi connectivity index (χ1v) is 13.3. The number of hydrogen-bond acceptors (Lipinski definition) is 4. The lowest BCUT2D eigenvalue weighted by molar-refractivity contribution is -0.160. The van der Waals surface area contributed by atoms with Crippen LogP contribution >= 0.6 is 0 Å². The zero-order chi connectivity index (χ0) is 27.8. The van der Waals surface area contributed by atoms with Crippen molar-refractivity contribution < 1.29 is 19.0 Å². The van der Waals surface area contributed by atoms with E-state index in [4.69, 9.17) is 9.72 Å². The van der Waals surface area contributed by atoms with Gasteiger partial charge in [-0.25, -0.2) is 9.18 Å². The van der Waals surface area contributed by atoms with Gasteiger partial charge in [-0.2, -0.15) is 0 Å². The number of carboxylic acids is 1. The molecule has 1 aliphatic rings. The summed E-state index contributed by atoms with van der Waals surface area (Å²) in [6.07, 6.45) is 0.719. The molecule has 1 aliphatic heterocycles. The molecule has 0 bridgehead atoms. The van der Waals surface area contributed by atoms with E-state index in [2.05, 4.69) is 18.7 Å². The number of benzene rings is 2. The third-order valence-corrected chi connectivity index (χ3v) is 7.31. The molecule has 38 heavy (non-hydrogen) atoms. The molecular formula is C32H39FN2O3. The molecule has 1 saturated heterocycles. The molecule has 1 aromatic heterocycles. The second kappa shape index (κ2) is 10.5. The number of carbonyl (C=O) groups is 1. The normalized spacial score (nSPS) is 16.4. The SMILES string of the molecule is Cc1nc(C)c(C(OC(C)(C)C)C(=O)O)c(N2CCC(C)(C)CC2)c1-c1ccc(-c2ccccc2)c(F)c1. The Morgan fingerprint density at radius 3 is 2.21 bits per heavy atom. The Kier molecular flexibility index (Phi) is 7.67. The van der Waals surface area contributed by atoms with Gasteiger partial charge in [0, 0.05) is 41.2 Å². The number of aliphatic carboxylic acids is 1. The van der Waals surface area contributed by atoms with E-state index in [9.17, 15) is 9.90 Å². The van der Waals surface area contributed by atoms with Crippen LogP contribution in [0.2, 0.25) is 0 Å². The number of pyridine rings is 1. The van der Waals surface area contributed by atoms with Crippen LogP contribution in [-0.4, -0.2) is 34.8 Å². The smallest absolute Gasteiger partial charge is 0.337 e. The molecule has 0 amide bonds. The molecule has 3 aromatic rings. The first-order chi connectivity index (χ1) is 17.8. The highest BCUT2D eigenvalue weighted by atomic mass is 19.1. The van der Waals surface area contributed by atoms with Crippen molar-refractivity contribution in [2.75, 3.05) is 18.0 Å². The Hall–Kier alpha value is -3.25. The second-order valence-electron chi connectivity index (χ2n) is 12.1. The Morgan fingerprint density at radius 2 is 1.66 bits per heavy atom. The summed E-state index contributed by atoms with van der Waals surface area (Å²) in [7, 11) is 0. The Morgan fingerprint density at radius 1 is 1.03 bits per heavy atom. The summed E-state index contributed by atoms with van der Waals surface area (Å²) in [6.45, 7) is 15.3. The highest BCUT2D eigenvalue weighted by Crippen LogP contribution is 2.45. The first-order valence-electron chi connectivity index (χ1n) is 13.3. The lowest BCUT2D eigenvalue weighted by Gasteiger charge is -2.41. The molecular weight excluding hydrogens is 479 g/mol. The predicted octanol–water partition coefficient (Wildman–Crippen LogP) is 7.74. The molecule has 202 valence electrons. The number of ether oxygens (including phenoxy) is 1. The molecule has 0 spiro atoms. The Bertz CT molecular complexity index is 1320. The van der Waals surface area contributed by atoms with Crippen LogP contribution in [0.1, 0.15) is 70.5 Å². The van der Waals surface area contributed by atoms with Gasteiger partial charge in [-0.15, -0.1) is 0 Å². The quantitative estimate of drug-likeness (QED) is 0.362. The Labute approximate surface area is 225 Å². The number of nitrogens with zero attached hydrogens (tertiary/aromatic N) is 2. The van der Waals surface area contributed by atoms with Crippen molar-refractivity contribution in [3.05, 3.63) is 71.3 Å². The van der Waals surface area contributed by atoms with E-state index in [1.54, 1.807) is 12.1 Å². The number of aromatic nitrogens is 1. The zero-order valence-electron chi connectivity index (χ0n) is 23.6. The van der Waals surface area contributed by atoms with Gasteiger partial charge < -0.3 is 14.7 Å². The van der Waals surface area contributed by atoms with Crippen molar-refractivity contribution >= 4 is 11.7 Å². The van der Waals surface area contributed by atoms with Crippen molar-refractivity contribution in [2.45, 2.75) is 73.0 Å². The zero-order valence-corrected chi connectivity index (χ0v) is 23.6. The van der Waals surface area contributed by atoms with Crippen LogP contribution in [0.15, 0.2) is 48.5 Å². The minimum atomic E-state index is -1.21. The van der Waals surface area contributed by atoms with E-state index in [0.29, 0.717) is 22.4 Å². The minimum Gasteiger partial charge on any atom is -0.479 e. The van der Waals surface area contributed by atoms with Crippen LogP contribution in [0.4, 0.5) is 10.1 Å². The van der Waals surface area contributed by atoms with Crippen LogP contribution in [0, 0.1) is 25.1 Å². The van der Waals surface area contributed by atoms with Crippen molar-refractivity contribution in [3.8, 4) is 22.3 Å². The van der Waals surface area contributed by atoms with E-state index in [1.807, 2.05) is 71.0 Å². The second-order valence-corrected chi connectivity index (χ2v) is 12.1. The lowest BCUT2D eigenvalue weighted by atomic mass is 9.81. The standard InChI is InChI=1S/C32H39FN2O3/c1-20-26(23-13-14-24(25(33)19-23)22-11-9-8-10-12-22)28(35-17-15-32(6,7)16-18-35)27(21(2)34-20)29(30(36)37)38-31(3,4)5/h8-14,19,29H,15-18H2,1-7H3,(H,36,37). The van der Waals surface area contributed by atoms with Crippen LogP contribution in [0.3, 0.4) is 0 Å². The summed E-state index contributed by atoms with van der Waals surface area (Å²) in [5, 5.41) is 10.3. The fourth-order valence-corrected chi connectivity index (χ4v) is 5.28. The monoisotopic (exact) mass is 518 g/mol.